The molecule has 0 bridgehead atoms. The fraction of sp³-hybridized carbons (Fsp3) is 0.125. The van der Waals surface area contributed by atoms with Crippen LogP contribution in [0.25, 0.3) is 11.0 Å². The smallest absolute Gasteiger partial charge is 0.337 e. The molecule has 1 N–H and O–H groups in total. The van der Waals surface area contributed by atoms with Crippen molar-refractivity contribution in [2.45, 2.75) is 13.0 Å². The molecule has 21 heavy (non-hydrogen) atoms. The van der Waals surface area contributed by atoms with E-state index in [9.17, 15) is 14.3 Å². The van der Waals surface area contributed by atoms with Crippen LogP contribution in [0.15, 0.2) is 48.8 Å². The molecular weight excluding hydrogens is 271 g/mol. The van der Waals surface area contributed by atoms with Crippen LogP contribution < -0.4 is 0 Å². The largest absolute Gasteiger partial charge is 0.478 e. The van der Waals surface area contributed by atoms with E-state index in [1.54, 1.807) is 18.5 Å². The van der Waals surface area contributed by atoms with E-state index in [4.69, 9.17) is 0 Å². The van der Waals surface area contributed by atoms with Crippen molar-refractivity contribution in [3.8, 4) is 0 Å². The van der Waals surface area contributed by atoms with Crippen molar-refractivity contribution in [1.82, 2.24) is 9.55 Å². The minimum absolute atomic E-state index is 0.144. The second kappa shape index (κ2) is 5.01. The maximum absolute atomic E-state index is 13.4. The number of carbonyl (C=O) groups is 1. The maximum atomic E-state index is 13.4. The van der Waals surface area contributed by atoms with Gasteiger partial charge in [0, 0.05) is 0 Å². The summed E-state index contributed by atoms with van der Waals surface area (Å²) >= 11 is 0. The number of nitrogens with zero attached hydrogens (tertiary/aromatic N) is 2. The summed E-state index contributed by atoms with van der Waals surface area (Å²) in [6.07, 6.45) is 1.59. The van der Waals surface area contributed by atoms with Gasteiger partial charge in [-0.3, -0.25) is 0 Å². The molecule has 0 saturated heterocycles. The lowest BCUT2D eigenvalue weighted by Crippen LogP contribution is -2.06. The maximum Gasteiger partial charge on any atom is 0.337 e. The lowest BCUT2D eigenvalue weighted by atomic mass is 10.1. The van der Waals surface area contributed by atoms with Crippen molar-refractivity contribution in [2.24, 2.45) is 0 Å². The van der Waals surface area contributed by atoms with Crippen LogP contribution in [-0.4, -0.2) is 20.6 Å². The molecule has 0 spiro atoms. The van der Waals surface area contributed by atoms with Crippen LogP contribution in [0.3, 0.4) is 0 Å². The summed E-state index contributed by atoms with van der Waals surface area (Å²) in [5.41, 5.74) is 2.12. The van der Waals surface area contributed by atoms with Crippen LogP contribution in [0.2, 0.25) is 0 Å². The number of rotatable bonds is 3. The Bertz CT molecular complexity index is 826. The lowest BCUT2D eigenvalue weighted by Gasteiger charge is -2.15. The van der Waals surface area contributed by atoms with E-state index >= 15 is 0 Å². The Morgan fingerprint density at radius 3 is 2.76 bits per heavy atom. The van der Waals surface area contributed by atoms with Gasteiger partial charge in [0.15, 0.2) is 0 Å². The first-order chi connectivity index (χ1) is 10.1. The summed E-state index contributed by atoms with van der Waals surface area (Å²) in [7, 11) is 0. The predicted octanol–water partition coefficient (Wildman–Crippen LogP) is 3.48. The molecule has 3 rings (SSSR count). The molecule has 0 saturated carbocycles. The number of benzene rings is 2. The first-order valence-electron chi connectivity index (χ1n) is 6.52. The molecule has 0 aliphatic heterocycles. The summed E-state index contributed by atoms with van der Waals surface area (Å²) in [6, 6.07) is 11.2. The first kappa shape index (κ1) is 13.3. The number of carboxylic acid groups (broad SMARTS) is 1. The minimum Gasteiger partial charge on any atom is -0.478 e. The van der Waals surface area contributed by atoms with Crippen molar-refractivity contribution in [1.29, 1.82) is 0 Å². The van der Waals surface area contributed by atoms with E-state index < -0.39 is 5.97 Å². The molecule has 0 aliphatic rings. The molecule has 0 aliphatic carbocycles. The van der Waals surface area contributed by atoms with Gasteiger partial charge in [-0.15, -0.1) is 0 Å². The molecule has 2 aromatic carbocycles. The van der Waals surface area contributed by atoms with Crippen LogP contribution in [0, 0.1) is 5.82 Å². The van der Waals surface area contributed by atoms with Gasteiger partial charge in [0.1, 0.15) is 11.3 Å². The average Bonchev–Trinajstić information content (AvgIpc) is 2.90. The lowest BCUT2D eigenvalue weighted by molar-refractivity contribution is 0.0699. The van der Waals surface area contributed by atoms with Crippen LogP contribution in [0.1, 0.15) is 28.9 Å². The molecular formula is C16H13FN2O2. The molecule has 106 valence electrons. The zero-order valence-corrected chi connectivity index (χ0v) is 11.3. The van der Waals surface area contributed by atoms with Gasteiger partial charge in [0.25, 0.3) is 0 Å². The standard InChI is InChI=1S/C16H13FN2O2/c1-10(11-4-2-5-12(17)8-11)19-9-18-15-13(16(20)21)6-3-7-14(15)19/h2-10H,1H3,(H,20,21). The SMILES string of the molecule is CC(c1cccc(F)c1)n1cnc2c(C(=O)O)cccc21. The molecule has 5 heteroatoms. The zero-order valence-electron chi connectivity index (χ0n) is 11.3. The van der Waals surface area contributed by atoms with Crippen molar-refractivity contribution in [3.05, 3.63) is 65.7 Å². The zero-order chi connectivity index (χ0) is 15.0. The average molecular weight is 284 g/mol. The Hall–Kier alpha value is -2.69. The third-order valence-electron chi connectivity index (χ3n) is 3.58. The molecule has 0 radical (unpaired) electrons. The summed E-state index contributed by atoms with van der Waals surface area (Å²) in [5.74, 6) is -1.31. The Labute approximate surface area is 120 Å². The first-order valence-corrected chi connectivity index (χ1v) is 6.52. The molecule has 4 nitrogen and oxygen atoms in total. The van der Waals surface area contributed by atoms with Gasteiger partial charge in [-0.25, -0.2) is 14.2 Å². The molecule has 1 unspecified atom stereocenters. The van der Waals surface area contributed by atoms with Crippen LogP contribution in [0.5, 0.6) is 0 Å². The van der Waals surface area contributed by atoms with Gasteiger partial charge in [-0.05, 0) is 36.8 Å². The van der Waals surface area contributed by atoms with Crippen molar-refractivity contribution in [3.63, 3.8) is 0 Å². The van der Waals surface area contributed by atoms with Gasteiger partial charge in [0.2, 0.25) is 0 Å². The molecule has 0 amide bonds. The molecule has 0 fully saturated rings. The third kappa shape index (κ3) is 2.27. The van der Waals surface area contributed by atoms with E-state index in [0.717, 1.165) is 5.56 Å². The van der Waals surface area contributed by atoms with Gasteiger partial charge in [0.05, 0.1) is 23.4 Å². The van der Waals surface area contributed by atoms with Crippen LogP contribution >= 0.6 is 0 Å². The number of imidazole rings is 1. The predicted molar refractivity (Wildman–Crippen MR) is 76.9 cm³/mol. The highest BCUT2D eigenvalue weighted by molar-refractivity contribution is 6.00. The summed E-state index contributed by atoms with van der Waals surface area (Å²) < 4.78 is 15.2. The fourth-order valence-electron chi connectivity index (χ4n) is 2.47. The van der Waals surface area contributed by atoms with E-state index in [-0.39, 0.29) is 17.4 Å². The van der Waals surface area contributed by atoms with Gasteiger partial charge in [-0.1, -0.05) is 18.2 Å². The van der Waals surface area contributed by atoms with Crippen molar-refractivity contribution < 1.29 is 14.3 Å². The van der Waals surface area contributed by atoms with Crippen molar-refractivity contribution in [2.75, 3.05) is 0 Å². The number of halogens is 1. The van der Waals surface area contributed by atoms with Gasteiger partial charge in [-0.2, -0.15) is 0 Å². The van der Waals surface area contributed by atoms with Crippen LogP contribution in [0.4, 0.5) is 4.39 Å². The molecule has 3 aromatic rings. The van der Waals surface area contributed by atoms with Crippen LogP contribution in [-0.2, 0) is 0 Å². The Morgan fingerprint density at radius 1 is 1.29 bits per heavy atom. The second-order valence-electron chi connectivity index (χ2n) is 4.86. The van der Waals surface area contributed by atoms with E-state index in [2.05, 4.69) is 4.98 Å². The number of hydrogen-bond acceptors (Lipinski definition) is 2. The molecule has 1 atom stereocenters. The highest BCUT2D eigenvalue weighted by Crippen LogP contribution is 2.25. The monoisotopic (exact) mass is 284 g/mol. The normalized spacial score (nSPS) is 12.5. The number of hydrogen-bond donors (Lipinski definition) is 1. The quantitative estimate of drug-likeness (QED) is 0.801. The van der Waals surface area contributed by atoms with Gasteiger partial charge >= 0.3 is 5.97 Å². The Balaban J connectivity index is 2.13. The van der Waals surface area contributed by atoms with Gasteiger partial charge < -0.3 is 9.67 Å². The number of carboxylic acids is 1. The highest BCUT2D eigenvalue weighted by atomic mass is 19.1. The topological polar surface area (TPSA) is 55.1 Å². The summed E-state index contributed by atoms with van der Waals surface area (Å²) in [4.78, 5) is 15.4. The second-order valence-corrected chi connectivity index (χ2v) is 4.86. The van der Waals surface area contributed by atoms with E-state index in [1.165, 1.54) is 18.2 Å². The Morgan fingerprint density at radius 2 is 2.05 bits per heavy atom. The highest BCUT2D eigenvalue weighted by Gasteiger charge is 2.16. The molecule has 1 aromatic heterocycles. The fourth-order valence-corrected chi connectivity index (χ4v) is 2.47. The number of aromatic nitrogens is 2. The summed E-state index contributed by atoms with van der Waals surface area (Å²) in [5, 5.41) is 9.19. The number of para-hydroxylation sites is 1. The summed E-state index contributed by atoms with van der Waals surface area (Å²) in [6.45, 7) is 1.92. The van der Waals surface area contributed by atoms with E-state index in [0.29, 0.717) is 11.0 Å². The Kier molecular flexibility index (Phi) is 3.17. The number of aromatic carboxylic acids is 1. The van der Waals surface area contributed by atoms with E-state index in [1.807, 2.05) is 23.6 Å². The number of fused-ring (bicyclic) bond motifs is 1. The molecule has 1 heterocycles. The van der Waals surface area contributed by atoms with Crippen molar-refractivity contribution >= 4 is 17.0 Å². The third-order valence-corrected chi connectivity index (χ3v) is 3.58. The minimum atomic E-state index is -1.01.